The fraction of sp³-hybridized carbons (Fsp3) is 0.357. The smallest absolute Gasteiger partial charge is 0.291 e. The monoisotopic (exact) mass is 515 g/mol. The van der Waals surface area contributed by atoms with E-state index < -0.39 is 14.0 Å². The molecule has 0 bridgehead atoms. The summed E-state index contributed by atoms with van der Waals surface area (Å²) >= 11 is 0. The van der Waals surface area contributed by atoms with Crippen molar-refractivity contribution < 1.29 is 14.3 Å². The molecule has 9 heteroatoms. The highest BCUT2D eigenvalue weighted by Crippen LogP contribution is 2.34. The number of ether oxygens (including phenoxy) is 1. The Balaban J connectivity index is 1.61. The van der Waals surface area contributed by atoms with Crippen molar-refractivity contribution in [1.29, 1.82) is 5.26 Å². The molecule has 1 amide bonds. The molecule has 0 aliphatic heterocycles. The number of hydrogen-bond acceptors (Lipinski definition) is 5. The molecule has 37 heavy (non-hydrogen) atoms. The first kappa shape index (κ1) is 26.3. The van der Waals surface area contributed by atoms with Crippen molar-refractivity contribution in [3.8, 4) is 17.3 Å². The van der Waals surface area contributed by atoms with Crippen LogP contribution >= 0.6 is 0 Å². The number of aromatic nitrogens is 3. The second-order valence-corrected chi connectivity index (χ2v) is 16.1. The first-order valence-electron chi connectivity index (χ1n) is 12.6. The van der Waals surface area contributed by atoms with Crippen molar-refractivity contribution in [3.63, 3.8) is 0 Å². The van der Waals surface area contributed by atoms with Crippen molar-refractivity contribution in [1.82, 2.24) is 9.55 Å². The van der Waals surface area contributed by atoms with E-state index in [1.807, 2.05) is 30.3 Å². The highest BCUT2D eigenvalue weighted by atomic mass is 28.3. The Labute approximate surface area is 218 Å². The van der Waals surface area contributed by atoms with E-state index in [4.69, 9.17) is 4.74 Å². The second kappa shape index (κ2) is 11.5. The first-order valence-corrected chi connectivity index (χ1v) is 16.3. The molecule has 0 radical (unpaired) electrons. The molecule has 2 aromatic heterocycles. The Morgan fingerprint density at radius 3 is 2.81 bits per heavy atom. The van der Waals surface area contributed by atoms with Crippen LogP contribution in [-0.4, -0.2) is 30.1 Å². The average Bonchev–Trinajstić information content (AvgIpc) is 3.31. The van der Waals surface area contributed by atoms with Crippen LogP contribution in [0.3, 0.4) is 0 Å². The Morgan fingerprint density at radius 2 is 2.11 bits per heavy atom. The fourth-order valence-electron chi connectivity index (χ4n) is 4.28. The predicted octanol–water partition coefficient (Wildman–Crippen LogP) is 5.58. The van der Waals surface area contributed by atoms with Gasteiger partial charge in [0.2, 0.25) is 11.5 Å². The zero-order valence-electron chi connectivity index (χ0n) is 21.7. The minimum absolute atomic E-state index is 0.123. The van der Waals surface area contributed by atoms with E-state index in [-0.39, 0.29) is 18.2 Å². The van der Waals surface area contributed by atoms with Crippen LogP contribution in [0.25, 0.3) is 16.8 Å². The van der Waals surface area contributed by atoms with Crippen molar-refractivity contribution in [2.24, 2.45) is 0 Å². The van der Waals surface area contributed by atoms with Gasteiger partial charge in [-0.3, -0.25) is 4.79 Å². The molecule has 0 fully saturated rings. The topological polar surface area (TPSA) is 107 Å². The maximum Gasteiger partial charge on any atom is 0.291 e. The van der Waals surface area contributed by atoms with E-state index in [1.165, 1.54) is 6.20 Å². The number of carbonyl (C=O) groups excluding carboxylic acids is 1. The summed E-state index contributed by atoms with van der Waals surface area (Å²) in [5.74, 6) is -0.294. The molecule has 1 aliphatic rings. The van der Waals surface area contributed by atoms with Gasteiger partial charge < -0.3 is 19.8 Å². The minimum Gasteiger partial charge on any atom is -0.618 e. The number of imidazole rings is 1. The van der Waals surface area contributed by atoms with Crippen LogP contribution in [0.4, 0.5) is 5.69 Å². The first-order chi connectivity index (χ1) is 17.7. The molecule has 1 aliphatic carbocycles. The molecule has 0 spiro atoms. The van der Waals surface area contributed by atoms with Gasteiger partial charge >= 0.3 is 0 Å². The third-order valence-electron chi connectivity index (χ3n) is 6.35. The van der Waals surface area contributed by atoms with E-state index in [1.54, 1.807) is 22.9 Å². The number of allylic oxidation sites excluding steroid dienone is 2. The molecule has 0 saturated carbocycles. The summed E-state index contributed by atoms with van der Waals surface area (Å²) < 4.78 is 8.24. The zero-order chi connectivity index (χ0) is 26.4. The number of amides is 1. The number of nitrogens with one attached hydrogen (secondary N) is 1. The molecule has 0 saturated heterocycles. The summed E-state index contributed by atoms with van der Waals surface area (Å²) in [5, 5.41) is 24.7. The lowest BCUT2D eigenvalue weighted by Gasteiger charge is -2.19. The summed E-state index contributed by atoms with van der Waals surface area (Å²) in [7, 11) is -1.25. The van der Waals surface area contributed by atoms with Crippen molar-refractivity contribution in [3.05, 3.63) is 77.2 Å². The Bertz CT molecular complexity index is 1350. The average molecular weight is 516 g/mol. The van der Waals surface area contributed by atoms with E-state index in [9.17, 15) is 15.3 Å². The maximum atomic E-state index is 13.4. The largest absolute Gasteiger partial charge is 0.618 e. The van der Waals surface area contributed by atoms with Crippen LogP contribution in [0.2, 0.25) is 25.7 Å². The number of pyridine rings is 1. The molecule has 1 N–H and O–H groups in total. The van der Waals surface area contributed by atoms with Gasteiger partial charge in [0.25, 0.3) is 5.91 Å². The Kier molecular flexibility index (Phi) is 8.21. The third kappa shape index (κ3) is 6.73. The van der Waals surface area contributed by atoms with Gasteiger partial charge in [-0.05, 0) is 61.6 Å². The molecular formula is C28H33N5O3Si. The number of hydrogen-bond donors (Lipinski definition) is 1. The van der Waals surface area contributed by atoms with Crippen LogP contribution in [0.15, 0.2) is 54.9 Å². The van der Waals surface area contributed by atoms with Crippen LogP contribution in [0, 0.1) is 16.5 Å². The second-order valence-electron chi connectivity index (χ2n) is 10.5. The van der Waals surface area contributed by atoms with Gasteiger partial charge in [-0.1, -0.05) is 25.7 Å². The molecular weight excluding hydrogens is 482 g/mol. The summed E-state index contributed by atoms with van der Waals surface area (Å²) in [5.41, 5.74) is 4.16. The predicted molar refractivity (Wildman–Crippen MR) is 146 cm³/mol. The maximum absolute atomic E-state index is 13.4. The molecule has 8 nitrogen and oxygen atoms in total. The standard InChI is InChI=1S/C28H33N5O3Si/c1-37(2,3)16-15-36-20-32-19-23(18-29)30-27(32)28(34)31-25-13-12-22(26-11-7-8-14-33(26)35)17-24(25)21-9-5-4-6-10-21/h7-9,11-14,17,19H,4-6,10,15-16,20H2,1-3H3,(H,31,34). The quantitative estimate of drug-likeness (QED) is 0.173. The molecule has 0 atom stereocenters. The number of benzene rings is 1. The number of rotatable bonds is 9. The number of nitrogens with zero attached hydrogens (tertiary/aromatic N) is 4. The molecule has 192 valence electrons. The number of carbonyl (C=O) groups is 1. The molecule has 3 aromatic rings. The Morgan fingerprint density at radius 1 is 1.27 bits per heavy atom. The van der Waals surface area contributed by atoms with Crippen molar-refractivity contribution >= 4 is 25.2 Å². The van der Waals surface area contributed by atoms with Crippen LogP contribution in [0.1, 0.15) is 47.6 Å². The van der Waals surface area contributed by atoms with Crippen molar-refractivity contribution in [2.75, 3.05) is 11.9 Å². The van der Waals surface area contributed by atoms with Crippen LogP contribution in [0.5, 0.6) is 0 Å². The van der Waals surface area contributed by atoms with Gasteiger partial charge in [0, 0.05) is 49.8 Å². The summed E-state index contributed by atoms with van der Waals surface area (Å²) in [6.45, 7) is 7.57. The van der Waals surface area contributed by atoms with Gasteiger partial charge in [-0.25, -0.2) is 4.98 Å². The lowest BCUT2D eigenvalue weighted by molar-refractivity contribution is -0.593. The molecule has 4 rings (SSSR count). The van der Waals surface area contributed by atoms with Crippen molar-refractivity contribution in [2.45, 2.75) is 58.1 Å². The van der Waals surface area contributed by atoms with Gasteiger partial charge in [-0.2, -0.15) is 9.99 Å². The van der Waals surface area contributed by atoms with E-state index >= 15 is 0 Å². The molecule has 1 aromatic carbocycles. The normalized spacial score (nSPS) is 13.6. The SMILES string of the molecule is C[Si](C)(C)CCOCn1cc(C#N)nc1C(=O)Nc1ccc(-c2cccc[n+]2[O-])cc1C1=CCCCC1. The highest BCUT2D eigenvalue weighted by molar-refractivity contribution is 6.76. The van der Waals surface area contributed by atoms with Gasteiger partial charge in [-0.15, -0.1) is 0 Å². The number of anilines is 1. The van der Waals surface area contributed by atoms with Gasteiger partial charge in [0.05, 0.1) is 0 Å². The lowest BCUT2D eigenvalue weighted by Crippen LogP contribution is -2.28. The molecule has 2 heterocycles. The van der Waals surface area contributed by atoms with Gasteiger partial charge in [0.1, 0.15) is 12.8 Å². The summed E-state index contributed by atoms with van der Waals surface area (Å²) in [6.07, 6.45) is 9.30. The van der Waals surface area contributed by atoms with Crippen LogP contribution in [-0.2, 0) is 11.5 Å². The fourth-order valence-corrected chi connectivity index (χ4v) is 5.04. The zero-order valence-corrected chi connectivity index (χ0v) is 22.7. The third-order valence-corrected chi connectivity index (χ3v) is 8.05. The molecule has 0 unspecified atom stereocenters. The van der Waals surface area contributed by atoms with Gasteiger partial charge in [0.15, 0.2) is 11.9 Å². The van der Waals surface area contributed by atoms with Crippen LogP contribution < -0.4 is 10.0 Å². The summed E-state index contributed by atoms with van der Waals surface area (Å²) in [6, 6.07) is 13.9. The van der Waals surface area contributed by atoms with E-state index in [2.05, 4.69) is 36.0 Å². The van der Waals surface area contributed by atoms with E-state index in [0.29, 0.717) is 18.0 Å². The minimum atomic E-state index is -1.25. The van der Waals surface area contributed by atoms with E-state index in [0.717, 1.165) is 53.2 Å². The summed E-state index contributed by atoms with van der Waals surface area (Å²) in [4.78, 5) is 17.6. The highest BCUT2D eigenvalue weighted by Gasteiger charge is 2.21. The number of nitriles is 1. The lowest BCUT2D eigenvalue weighted by atomic mass is 9.91. The Hall–Kier alpha value is -3.74.